The van der Waals surface area contributed by atoms with Gasteiger partial charge in [-0.2, -0.15) is 0 Å². The van der Waals surface area contributed by atoms with Crippen molar-refractivity contribution in [3.8, 4) is 0 Å². The van der Waals surface area contributed by atoms with Crippen molar-refractivity contribution in [2.24, 2.45) is 0 Å². The molecule has 1 rings (SSSR count). The molecule has 0 aromatic heterocycles. The highest BCUT2D eigenvalue weighted by molar-refractivity contribution is 5.95. The summed E-state index contributed by atoms with van der Waals surface area (Å²) >= 11 is 0. The van der Waals surface area contributed by atoms with Gasteiger partial charge in [-0.1, -0.05) is 0 Å². The summed E-state index contributed by atoms with van der Waals surface area (Å²) in [4.78, 5) is 24.3. The van der Waals surface area contributed by atoms with E-state index in [2.05, 4.69) is 27.8 Å². The number of urea groups is 1. The number of carbonyl (C=O) groups is 2. The Morgan fingerprint density at radius 2 is 2.27 bits per heavy atom. The van der Waals surface area contributed by atoms with Crippen LogP contribution in [0.15, 0.2) is 0 Å². The van der Waals surface area contributed by atoms with E-state index in [1.54, 1.807) is 0 Å². The van der Waals surface area contributed by atoms with Crippen LogP contribution in [0.4, 0.5) is 4.79 Å². The van der Waals surface area contributed by atoms with Crippen molar-refractivity contribution < 1.29 is 9.59 Å². The molecule has 6 nitrogen and oxygen atoms in total. The smallest absolute Gasteiger partial charge is 0.321 e. The summed E-state index contributed by atoms with van der Waals surface area (Å²) in [6.07, 6.45) is 0. The summed E-state index contributed by atoms with van der Waals surface area (Å²) in [5.74, 6) is -0.261. The molecule has 0 aromatic carbocycles. The van der Waals surface area contributed by atoms with Crippen LogP contribution in [0.5, 0.6) is 0 Å². The quantitative estimate of drug-likeness (QED) is 0.536. The zero-order chi connectivity index (χ0) is 11.3. The van der Waals surface area contributed by atoms with Gasteiger partial charge < -0.3 is 10.6 Å². The molecule has 3 N–H and O–H groups in total. The number of piperazine rings is 1. The monoisotopic (exact) mass is 214 g/mol. The molecule has 1 aliphatic rings. The van der Waals surface area contributed by atoms with Crippen LogP contribution in [-0.4, -0.2) is 56.1 Å². The average Bonchev–Trinajstić information content (AvgIpc) is 2.21. The fourth-order valence-electron chi connectivity index (χ4n) is 1.53. The van der Waals surface area contributed by atoms with Gasteiger partial charge in [0.25, 0.3) is 0 Å². The molecule has 0 saturated carbocycles. The summed E-state index contributed by atoms with van der Waals surface area (Å²) in [5, 5.41) is 7.83. The Morgan fingerprint density at radius 3 is 2.87 bits per heavy atom. The van der Waals surface area contributed by atoms with Gasteiger partial charge in [0.15, 0.2) is 0 Å². The number of nitrogens with zero attached hydrogens (tertiary/aromatic N) is 1. The third-order valence-electron chi connectivity index (χ3n) is 2.47. The second-order valence-electron chi connectivity index (χ2n) is 3.65. The van der Waals surface area contributed by atoms with Gasteiger partial charge in [-0.05, 0) is 6.92 Å². The van der Waals surface area contributed by atoms with Gasteiger partial charge in [-0.3, -0.25) is 15.0 Å². The Balaban J connectivity index is 2.33. The molecule has 1 saturated heterocycles. The van der Waals surface area contributed by atoms with Crippen LogP contribution in [0.2, 0.25) is 0 Å². The zero-order valence-corrected chi connectivity index (χ0v) is 9.17. The number of carbonyl (C=O) groups excluding carboxylic acids is 2. The fraction of sp³-hybridized carbons (Fsp3) is 0.778. The Kier molecular flexibility index (Phi) is 4.51. The largest absolute Gasteiger partial charge is 0.341 e. The van der Waals surface area contributed by atoms with Gasteiger partial charge >= 0.3 is 6.03 Å². The maximum atomic E-state index is 11.4. The summed E-state index contributed by atoms with van der Waals surface area (Å²) in [6.45, 7) is 4.93. The van der Waals surface area contributed by atoms with E-state index in [0.29, 0.717) is 6.04 Å². The standard InChI is InChI=1S/C9H18N4O2/c1-7-5-11-3-4-13(7)6-8(14)12-9(15)10-2/h7,11H,3-6H2,1-2H3,(H2,10,12,14,15)/t7-/m0/s1. The summed E-state index contributed by atoms with van der Waals surface area (Å²) < 4.78 is 0. The van der Waals surface area contributed by atoms with Crippen LogP contribution in [0, 0.1) is 0 Å². The molecule has 1 fully saturated rings. The van der Waals surface area contributed by atoms with Crippen LogP contribution in [0.3, 0.4) is 0 Å². The van der Waals surface area contributed by atoms with Crippen molar-refractivity contribution in [3.05, 3.63) is 0 Å². The first-order valence-electron chi connectivity index (χ1n) is 5.10. The Bertz CT molecular complexity index is 244. The topological polar surface area (TPSA) is 73.5 Å². The molecule has 15 heavy (non-hydrogen) atoms. The van der Waals surface area contributed by atoms with Crippen molar-refractivity contribution in [3.63, 3.8) is 0 Å². The molecule has 6 heteroatoms. The van der Waals surface area contributed by atoms with Crippen LogP contribution in [0.25, 0.3) is 0 Å². The molecule has 3 amide bonds. The maximum absolute atomic E-state index is 11.4. The van der Waals surface area contributed by atoms with Crippen LogP contribution < -0.4 is 16.0 Å². The van der Waals surface area contributed by atoms with Gasteiger partial charge in [0.05, 0.1) is 6.54 Å². The maximum Gasteiger partial charge on any atom is 0.321 e. The molecular weight excluding hydrogens is 196 g/mol. The second kappa shape index (κ2) is 5.67. The zero-order valence-electron chi connectivity index (χ0n) is 9.17. The van der Waals surface area contributed by atoms with Crippen molar-refractivity contribution in [2.45, 2.75) is 13.0 Å². The van der Waals surface area contributed by atoms with Crippen molar-refractivity contribution in [1.82, 2.24) is 20.9 Å². The Labute approximate surface area is 89.4 Å². The summed E-state index contributed by atoms with van der Waals surface area (Å²) in [5.41, 5.74) is 0. The van der Waals surface area contributed by atoms with E-state index in [1.165, 1.54) is 7.05 Å². The third-order valence-corrected chi connectivity index (χ3v) is 2.47. The molecule has 1 heterocycles. The SMILES string of the molecule is CNC(=O)NC(=O)CN1CCNC[C@@H]1C. The molecule has 86 valence electrons. The van der Waals surface area contributed by atoms with E-state index in [1.807, 2.05) is 0 Å². The third kappa shape index (κ3) is 3.85. The van der Waals surface area contributed by atoms with E-state index < -0.39 is 6.03 Å². The van der Waals surface area contributed by atoms with Gasteiger partial charge in [-0.25, -0.2) is 4.79 Å². The summed E-state index contributed by atoms with van der Waals surface area (Å²) in [7, 11) is 1.48. The number of nitrogens with one attached hydrogen (secondary N) is 3. The van der Waals surface area contributed by atoms with Crippen molar-refractivity contribution in [2.75, 3.05) is 33.2 Å². The normalized spacial score (nSPS) is 22.1. The number of amides is 3. The van der Waals surface area contributed by atoms with Gasteiger partial charge in [0.2, 0.25) is 5.91 Å². The first kappa shape index (κ1) is 11.9. The molecule has 0 bridgehead atoms. The van der Waals surface area contributed by atoms with E-state index >= 15 is 0 Å². The number of hydrogen-bond donors (Lipinski definition) is 3. The molecule has 1 atom stereocenters. The number of hydrogen-bond acceptors (Lipinski definition) is 4. The van der Waals surface area contributed by atoms with E-state index in [-0.39, 0.29) is 12.5 Å². The lowest BCUT2D eigenvalue weighted by Gasteiger charge is -2.33. The van der Waals surface area contributed by atoms with Crippen LogP contribution in [0.1, 0.15) is 6.92 Å². The minimum absolute atomic E-state index is 0.261. The molecule has 0 unspecified atom stereocenters. The van der Waals surface area contributed by atoms with E-state index in [9.17, 15) is 9.59 Å². The summed E-state index contributed by atoms with van der Waals surface area (Å²) in [6, 6.07) is -0.128. The van der Waals surface area contributed by atoms with E-state index in [4.69, 9.17) is 0 Å². The highest BCUT2D eigenvalue weighted by atomic mass is 16.2. The Hall–Kier alpha value is -1.14. The molecule has 1 aliphatic heterocycles. The first-order chi connectivity index (χ1) is 7.13. The number of imide groups is 1. The van der Waals surface area contributed by atoms with E-state index in [0.717, 1.165) is 19.6 Å². The lowest BCUT2D eigenvalue weighted by atomic mass is 10.2. The number of rotatable bonds is 2. The predicted octanol–water partition coefficient (Wildman–Crippen LogP) is -1.26. The minimum Gasteiger partial charge on any atom is -0.341 e. The minimum atomic E-state index is -0.456. The first-order valence-corrected chi connectivity index (χ1v) is 5.10. The Morgan fingerprint density at radius 1 is 1.53 bits per heavy atom. The van der Waals surface area contributed by atoms with Crippen LogP contribution in [-0.2, 0) is 4.79 Å². The molecular formula is C9H18N4O2. The van der Waals surface area contributed by atoms with Gasteiger partial charge in [0, 0.05) is 32.7 Å². The van der Waals surface area contributed by atoms with Gasteiger partial charge in [0.1, 0.15) is 0 Å². The second-order valence-corrected chi connectivity index (χ2v) is 3.65. The lowest BCUT2D eigenvalue weighted by Crippen LogP contribution is -2.53. The molecule has 0 radical (unpaired) electrons. The highest BCUT2D eigenvalue weighted by Crippen LogP contribution is 2.00. The molecule has 0 aromatic rings. The average molecular weight is 214 g/mol. The van der Waals surface area contributed by atoms with Crippen LogP contribution >= 0.6 is 0 Å². The fourth-order valence-corrected chi connectivity index (χ4v) is 1.53. The van der Waals surface area contributed by atoms with Crippen molar-refractivity contribution >= 4 is 11.9 Å². The predicted molar refractivity (Wildman–Crippen MR) is 56.5 cm³/mol. The lowest BCUT2D eigenvalue weighted by molar-refractivity contribution is -0.121. The molecule has 0 spiro atoms. The van der Waals surface area contributed by atoms with Crippen molar-refractivity contribution in [1.29, 1.82) is 0 Å². The highest BCUT2D eigenvalue weighted by Gasteiger charge is 2.20. The molecule has 0 aliphatic carbocycles. The van der Waals surface area contributed by atoms with Gasteiger partial charge in [-0.15, -0.1) is 0 Å².